The number of hydrogen-bond donors (Lipinski definition) is 1. The second-order valence-corrected chi connectivity index (χ2v) is 6.72. The molecule has 0 radical (unpaired) electrons. The van der Waals surface area contributed by atoms with Crippen LogP contribution in [0.1, 0.15) is 19.3 Å². The van der Waals surface area contributed by atoms with Gasteiger partial charge in [0.05, 0.1) is 18.1 Å². The van der Waals surface area contributed by atoms with Gasteiger partial charge in [-0.05, 0) is 56.0 Å². The van der Waals surface area contributed by atoms with Gasteiger partial charge >= 0.3 is 0 Å². The van der Waals surface area contributed by atoms with Crippen molar-refractivity contribution in [2.24, 2.45) is 11.8 Å². The number of nitrogens with zero attached hydrogens (tertiary/aromatic N) is 1. The fourth-order valence-corrected chi connectivity index (χ4v) is 3.69. The lowest BCUT2D eigenvalue weighted by molar-refractivity contribution is -0.131. The van der Waals surface area contributed by atoms with Crippen LogP contribution in [0.2, 0.25) is 5.02 Å². The Balaban J connectivity index is 0.00000208. The number of halogens is 3. The molecule has 134 valence electrons. The lowest BCUT2D eigenvalue weighted by Gasteiger charge is -2.21. The summed E-state index contributed by atoms with van der Waals surface area (Å²) in [5, 5.41) is 3.66. The maximum absolute atomic E-state index is 13.0. The first-order valence-electron chi connectivity index (χ1n) is 8.20. The normalized spacial score (nSPS) is 23.2. The minimum absolute atomic E-state index is 0. The second kappa shape index (κ2) is 8.88. The Morgan fingerprint density at radius 3 is 2.58 bits per heavy atom. The van der Waals surface area contributed by atoms with Gasteiger partial charge in [-0.1, -0.05) is 11.6 Å². The summed E-state index contributed by atoms with van der Waals surface area (Å²) in [4.78, 5) is 14.3. The average molecular weight is 377 g/mol. The third-order valence-corrected chi connectivity index (χ3v) is 5.13. The quantitative estimate of drug-likeness (QED) is 0.877. The standard InChI is InChI=1S/C17H22ClFN2O2.ClH/c18-15-9-14(19)1-2-16(15)23-8-5-17(22)21-6-3-12-10-20-11-13(12)4-7-21;/h1-2,9,12-13,20H,3-8,10-11H2;1H/t12-,13+;. The van der Waals surface area contributed by atoms with E-state index in [1.165, 1.54) is 18.2 Å². The van der Waals surface area contributed by atoms with Gasteiger partial charge in [0.1, 0.15) is 11.6 Å². The summed E-state index contributed by atoms with van der Waals surface area (Å²) in [6, 6.07) is 3.99. The van der Waals surface area contributed by atoms with Crippen LogP contribution in [0.3, 0.4) is 0 Å². The zero-order chi connectivity index (χ0) is 16.2. The number of carbonyl (C=O) groups is 1. The van der Waals surface area contributed by atoms with Crippen molar-refractivity contribution < 1.29 is 13.9 Å². The van der Waals surface area contributed by atoms with Crippen LogP contribution in [0.5, 0.6) is 5.75 Å². The van der Waals surface area contributed by atoms with E-state index in [4.69, 9.17) is 16.3 Å². The van der Waals surface area contributed by atoms with Gasteiger partial charge in [-0.25, -0.2) is 4.39 Å². The largest absolute Gasteiger partial charge is 0.491 e. The van der Waals surface area contributed by atoms with Crippen LogP contribution in [-0.2, 0) is 4.79 Å². The molecule has 1 amide bonds. The molecule has 2 fully saturated rings. The van der Waals surface area contributed by atoms with E-state index in [1.54, 1.807) is 0 Å². The molecule has 0 bridgehead atoms. The van der Waals surface area contributed by atoms with E-state index in [2.05, 4.69) is 5.32 Å². The van der Waals surface area contributed by atoms with Crippen molar-refractivity contribution in [2.75, 3.05) is 32.8 Å². The minimum atomic E-state index is -0.400. The molecule has 2 heterocycles. The average Bonchev–Trinajstić information content (AvgIpc) is 2.88. The van der Waals surface area contributed by atoms with Crippen LogP contribution in [0.25, 0.3) is 0 Å². The van der Waals surface area contributed by atoms with Crippen LogP contribution in [-0.4, -0.2) is 43.6 Å². The van der Waals surface area contributed by atoms with Gasteiger partial charge in [-0.2, -0.15) is 0 Å². The van der Waals surface area contributed by atoms with Crippen molar-refractivity contribution in [1.82, 2.24) is 10.2 Å². The zero-order valence-electron chi connectivity index (χ0n) is 13.5. The fourth-order valence-electron chi connectivity index (χ4n) is 3.47. The number of rotatable bonds is 4. The van der Waals surface area contributed by atoms with E-state index in [0.29, 0.717) is 24.0 Å². The van der Waals surface area contributed by atoms with Crippen molar-refractivity contribution in [3.8, 4) is 5.75 Å². The summed E-state index contributed by atoms with van der Waals surface area (Å²) >= 11 is 5.90. The summed E-state index contributed by atoms with van der Waals surface area (Å²) < 4.78 is 18.5. The van der Waals surface area contributed by atoms with E-state index in [0.717, 1.165) is 39.0 Å². The predicted octanol–water partition coefficient (Wildman–Crippen LogP) is 3.13. The molecular formula is C17H23Cl2FN2O2. The molecular weight excluding hydrogens is 354 g/mol. The van der Waals surface area contributed by atoms with Crippen molar-refractivity contribution in [3.05, 3.63) is 29.0 Å². The molecule has 24 heavy (non-hydrogen) atoms. The Labute approximate surface area is 153 Å². The third-order valence-electron chi connectivity index (χ3n) is 4.84. The number of likely N-dealkylation sites (tertiary alicyclic amines) is 1. The van der Waals surface area contributed by atoms with E-state index in [-0.39, 0.29) is 29.9 Å². The van der Waals surface area contributed by atoms with Crippen molar-refractivity contribution in [1.29, 1.82) is 0 Å². The molecule has 0 saturated carbocycles. The van der Waals surface area contributed by atoms with Crippen LogP contribution in [0, 0.1) is 17.7 Å². The highest BCUT2D eigenvalue weighted by Crippen LogP contribution is 2.28. The number of ether oxygens (including phenoxy) is 1. The highest BCUT2D eigenvalue weighted by atomic mass is 35.5. The lowest BCUT2D eigenvalue weighted by Crippen LogP contribution is -2.33. The summed E-state index contributed by atoms with van der Waals surface area (Å²) in [7, 11) is 0. The monoisotopic (exact) mass is 376 g/mol. The van der Waals surface area contributed by atoms with Crippen molar-refractivity contribution in [3.63, 3.8) is 0 Å². The Kier molecular flexibility index (Phi) is 7.14. The smallest absolute Gasteiger partial charge is 0.225 e. The summed E-state index contributed by atoms with van der Waals surface area (Å²) in [5.41, 5.74) is 0. The van der Waals surface area contributed by atoms with E-state index in [1.807, 2.05) is 4.90 Å². The Bertz CT molecular complexity index is 560. The number of amides is 1. The number of nitrogens with one attached hydrogen (secondary N) is 1. The molecule has 3 rings (SSSR count). The maximum atomic E-state index is 13.0. The molecule has 0 aliphatic carbocycles. The maximum Gasteiger partial charge on any atom is 0.225 e. The van der Waals surface area contributed by atoms with Crippen LogP contribution in [0.15, 0.2) is 18.2 Å². The number of benzene rings is 1. The van der Waals surface area contributed by atoms with E-state index >= 15 is 0 Å². The van der Waals surface area contributed by atoms with Crippen LogP contribution in [0.4, 0.5) is 4.39 Å². The summed E-state index contributed by atoms with van der Waals surface area (Å²) in [6.45, 7) is 4.09. The molecule has 2 saturated heterocycles. The topological polar surface area (TPSA) is 41.6 Å². The summed E-state index contributed by atoms with van der Waals surface area (Å²) in [5.74, 6) is 1.56. The lowest BCUT2D eigenvalue weighted by atomic mass is 9.92. The van der Waals surface area contributed by atoms with Crippen molar-refractivity contribution in [2.45, 2.75) is 19.3 Å². The molecule has 1 aromatic rings. The van der Waals surface area contributed by atoms with Crippen LogP contribution >= 0.6 is 24.0 Å². The predicted molar refractivity (Wildman–Crippen MR) is 94.4 cm³/mol. The van der Waals surface area contributed by atoms with Gasteiger partial charge in [0, 0.05) is 13.1 Å². The number of hydrogen-bond acceptors (Lipinski definition) is 3. The molecule has 4 nitrogen and oxygen atoms in total. The van der Waals surface area contributed by atoms with Gasteiger partial charge in [0.15, 0.2) is 0 Å². The molecule has 2 aliphatic heterocycles. The van der Waals surface area contributed by atoms with Gasteiger partial charge < -0.3 is 15.0 Å². The number of fused-ring (bicyclic) bond motifs is 1. The van der Waals surface area contributed by atoms with Crippen molar-refractivity contribution >= 4 is 29.9 Å². The molecule has 0 unspecified atom stereocenters. The molecule has 7 heteroatoms. The van der Waals surface area contributed by atoms with Gasteiger partial charge in [-0.3, -0.25) is 4.79 Å². The van der Waals surface area contributed by atoms with E-state index < -0.39 is 5.82 Å². The first-order chi connectivity index (χ1) is 11.1. The van der Waals surface area contributed by atoms with Crippen LogP contribution < -0.4 is 10.1 Å². The van der Waals surface area contributed by atoms with Gasteiger partial charge in [0.25, 0.3) is 0 Å². The zero-order valence-corrected chi connectivity index (χ0v) is 15.0. The molecule has 1 aromatic carbocycles. The first-order valence-corrected chi connectivity index (χ1v) is 8.57. The third kappa shape index (κ3) is 4.74. The van der Waals surface area contributed by atoms with Gasteiger partial charge in [-0.15, -0.1) is 12.4 Å². The highest BCUT2D eigenvalue weighted by Gasteiger charge is 2.31. The Morgan fingerprint density at radius 1 is 1.29 bits per heavy atom. The Hall–Kier alpha value is -1.04. The molecule has 0 spiro atoms. The summed E-state index contributed by atoms with van der Waals surface area (Å²) in [6.07, 6.45) is 2.48. The molecule has 2 atom stereocenters. The number of carbonyl (C=O) groups excluding carboxylic acids is 1. The Morgan fingerprint density at radius 2 is 1.96 bits per heavy atom. The van der Waals surface area contributed by atoms with Gasteiger partial charge in [0.2, 0.25) is 5.91 Å². The minimum Gasteiger partial charge on any atom is -0.491 e. The fraction of sp³-hybridized carbons (Fsp3) is 0.588. The SMILES string of the molecule is Cl.O=C(CCOc1ccc(F)cc1Cl)N1CC[C@@H]2CNC[C@@H]2CC1. The molecule has 0 aromatic heterocycles. The first kappa shape index (κ1) is 19.3. The molecule has 1 N–H and O–H groups in total. The molecule has 2 aliphatic rings. The van der Waals surface area contributed by atoms with E-state index in [9.17, 15) is 9.18 Å². The highest BCUT2D eigenvalue weighted by molar-refractivity contribution is 6.32. The second-order valence-electron chi connectivity index (χ2n) is 6.31.